The van der Waals surface area contributed by atoms with E-state index in [-0.39, 0.29) is 17.9 Å². The van der Waals surface area contributed by atoms with Crippen LogP contribution in [-0.4, -0.2) is 93.6 Å². The van der Waals surface area contributed by atoms with E-state index in [2.05, 4.69) is 22.2 Å². The van der Waals surface area contributed by atoms with Gasteiger partial charge < -0.3 is 29.5 Å². The molecule has 0 saturated carbocycles. The molecule has 1 saturated heterocycles. The largest absolute Gasteiger partial charge is 0.493 e. The van der Waals surface area contributed by atoms with E-state index < -0.39 is 5.92 Å². The van der Waals surface area contributed by atoms with E-state index in [1.807, 2.05) is 41.3 Å². The Balaban J connectivity index is 1.40. The number of carbonyl (C=O) groups is 2. The lowest BCUT2D eigenvalue weighted by atomic mass is 9.75. The van der Waals surface area contributed by atoms with Crippen molar-refractivity contribution in [2.24, 2.45) is 0 Å². The Bertz CT molecular complexity index is 1130. The van der Waals surface area contributed by atoms with Gasteiger partial charge in [0.05, 0.1) is 26.2 Å². The minimum Gasteiger partial charge on any atom is -0.493 e. The van der Waals surface area contributed by atoms with Crippen LogP contribution in [0.25, 0.3) is 0 Å². The number of fused-ring (bicyclic) bond motifs is 4. The predicted molar refractivity (Wildman–Crippen MR) is 138 cm³/mol. The third kappa shape index (κ3) is 4.55. The summed E-state index contributed by atoms with van der Waals surface area (Å²) in [6.07, 6.45) is 1.61. The first kappa shape index (κ1) is 24.6. The Kier molecular flexibility index (Phi) is 7.16. The fraction of sp³-hybridized carbons (Fsp3) is 0.500. The van der Waals surface area contributed by atoms with Crippen molar-refractivity contribution in [3.8, 4) is 11.5 Å². The maximum atomic E-state index is 13.8. The molecule has 2 atom stereocenters. The molecule has 0 aliphatic carbocycles. The minimum atomic E-state index is -0.486. The number of hydrogen-bond donors (Lipinski definition) is 1. The summed E-state index contributed by atoms with van der Waals surface area (Å²) in [5.74, 6) is 0.730. The highest BCUT2D eigenvalue weighted by molar-refractivity contribution is 6.01. The Hall–Kier alpha value is -3.10. The lowest BCUT2D eigenvalue weighted by Gasteiger charge is -2.45. The molecule has 0 radical (unpaired) electrons. The first-order chi connectivity index (χ1) is 17.5. The first-order valence-electron chi connectivity index (χ1n) is 12.8. The maximum absolute atomic E-state index is 13.8. The van der Waals surface area contributed by atoms with E-state index >= 15 is 0 Å². The summed E-state index contributed by atoms with van der Waals surface area (Å²) in [5.41, 5.74) is 3.46. The topological polar surface area (TPSA) is 74.4 Å². The zero-order valence-electron chi connectivity index (χ0n) is 21.5. The summed E-state index contributed by atoms with van der Waals surface area (Å²) in [4.78, 5) is 33.9. The number of methoxy groups -OCH3 is 2. The molecule has 0 unspecified atom stereocenters. The molecule has 5 rings (SSSR count). The molecule has 1 fully saturated rings. The number of nitrogens with zero attached hydrogens (tertiary/aromatic N) is 3. The summed E-state index contributed by atoms with van der Waals surface area (Å²) in [5, 5.41) is 3.20. The van der Waals surface area contributed by atoms with E-state index in [1.165, 1.54) is 0 Å². The molecule has 2 aromatic carbocycles. The van der Waals surface area contributed by atoms with Crippen molar-refractivity contribution in [1.82, 2.24) is 20.0 Å². The van der Waals surface area contributed by atoms with Gasteiger partial charge in [-0.25, -0.2) is 0 Å². The SMILES string of the molecule is COc1cc2c(cc1OC)[C@@H]1[C@H](C(=O)NCCCN3CCN(C)CC3)c3ccccc3C(=O)N1CC2. The Morgan fingerprint density at radius 2 is 1.72 bits per heavy atom. The number of hydrogen-bond acceptors (Lipinski definition) is 6. The third-order valence-corrected chi connectivity index (χ3v) is 7.85. The highest BCUT2D eigenvalue weighted by Crippen LogP contribution is 2.48. The van der Waals surface area contributed by atoms with Crippen molar-refractivity contribution in [3.05, 3.63) is 58.7 Å². The van der Waals surface area contributed by atoms with Crippen LogP contribution in [-0.2, 0) is 11.2 Å². The van der Waals surface area contributed by atoms with Crippen LogP contribution in [0.1, 0.15) is 45.4 Å². The number of likely N-dealkylation sites (N-methyl/N-ethyl adjacent to an activating group) is 1. The molecule has 192 valence electrons. The van der Waals surface area contributed by atoms with Crippen LogP contribution < -0.4 is 14.8 Å². The molecule has 36 heavy (non-hydrogen) atoms. The van der Waals surface area contributed by atoms with Gasteiger partial charge in [0.1, 0.15) is 0 Å². The molecular formula is C28H36N4O4. The van der Waals surface area contributed by atoms with Crippen molar-refractivity contribution >= 4 is 11.8 Å². The zero-order valence-corrected chi connectivity index (χ0v) is 21.5. The standard InChI is InChI=1S/C28H36N4O4/c1-30-13-15-31(16-14-30)11-6-10-29-27(33)25-20-7-4-5-8-21(20)28(34)32-12-9-19-17-23(35-2)24(36-3)18-22(19)26(25)32/h4-5,7-8,17-18,25-26H,6,9-16H2,1-3H3,(H,29,33)/t25-,26-/m1/s1. The number of rotatable bonds is 7. The van der Waals surface area contributed by atoms with Gasteiger partial charge in [-0.05, 0) is 61.3 Å². The van der Waals surface area contributed by atoms with Gasteiger partial charge >= 0.3 is 0 Å². The quantitative estimate of drug-likeness (QED) is 0.598. The molecule has 0 bridgehead atoms. The van der Waals surface area contributed by atoms with Gasteiger partial charge in [0, 0.05) is 44.8 Å². The summed E-state index contributed by atoms with van der Waals surface area (Å²) >= 11 is 0. The van der Waals surface area contributed by atoms with E-state index in [0.29, 0.717) is 36.6 Å². The normalized spacial score (nSPS) is 21.9. The molecule has 1 N–H and O–H groups in total. The van der Waals surface area contributed by atoms with Gasteiger partial charge in [-0.15, -0.1) is 0 Å². The maximum Gasteiger partial charge on any atom is 0.254 e. The molecule has 2 amide bonds. The third-order valence-electron chi connectivity index (χ3n) is 7.85. The zero-order chi connectivity index (χ0) is 25.2. The van der Waals surface area contributed by atoms with Gasteiger partial charge in [0.25, 0.3) is 5.91 Å². The number of benzene rings is 2. The summed E-state index contributed by atoms with van der Waals surface area (Å²) in [6, 6.07) is 11.1. The second kappa shape index (κ2) is 10.5. The molecule has 0 aromatic heterocycles. The average Bonchev–Trinajstić information content (AvgIpc) is 2.91. The van der Waals surface area contributed by atoms with Crippen molar-refractivity contribution in [3.63, 3.8) is 0 Å². The van der Waals surface area contributed by atoms with E-state index in [4.69, 9.17) is 9.47 Å². The van der Waals surface area contributed by atoms with Gasteiger partial charge in [0.15, 0.2) is 11.5 Å². The Morgan fingerprint density at radius 3 is 2.47 bits per heavy atom. The van der Waals surface area contributed by atoms with Crippen LogP contribution in [0.3, 0.4) is 0 Å². The van der Waals surface area contributed by atoms with Gasteiger partial charge in [-0.1, -0.05) is 18.2 Å². The highest BCUT2D eigenvalue weighted by atomic mass is 16.5. The lowest BCUT2D eigenvalue weighted by molar-refractivity contribution is -0.124. The predicted octanol–water partition coefficient (Wildman–Crippen LogP) is 2.29. The van der Waals surface area contributed by atoms with Crippen LogP contribution in [0.2, 0.25) is 0 Å². The highest BCUT2D eigenvalue weighted by Gasteiger charge is 2.46. The molecule has 3 heterocycles. The van der Waals surface area contributed by atoms with Crippen LogP contribution in [0.15, 0.2) is 36.4 Å². The van der Waals surface area contributed by atoms with Crippen LogP contribution in [0.4, 0.5) is 0 Å². The van der Waals surface area contributed by atoms with Crippen LogP contribution in [0.5, 0.6) is 11.5 Å². The van der Waals surface area contributed by atoms with Crippen molar-refractivity contribution in [1.29, 1.82) is 0 Å². The summed E-state index contributed by atoms with van der Waals surface area (Å²) in [6.45, 7) is 6.47. The first-order valence-corrected chi connectivity index (χ1v) is 12.8. The van der Waals surface area contributed by atoms with Crippen molar-refractivity contribution < 1.29 is 19.1 Å². The van der Waals surface area contributed by atoms with Crippen molar-refractivity contribution in [2.45, 2.75) is 24.8 Å². The lowest BCUT2D eigenvalue weighted by Crippen LogP contribution is -2.50. The van der Waals surface area contributed by atoms with E-state index in [1.54, 1.807) is 14.2 Å². The molecule has 3 aliphatic heterocycles. The number of amides is 2. The molecule has 8 heteroatoms. The summed E-state index contributed by atoms with van der Waals surface area (Å²) in [7, 11) is 5.39. The van der Waals surface area contributed by atoms with Gasteiger partial charge in [-0.3, -0.25) is 9.59 Å². The number of carbonyl (C=O) groups excluding carboxylic acids is 2. The van der Waals surface area contributed by atoms with Gasteiger partial charge in [-0.2, -0.15) is 0 Å². The van der Waals surface area contributed by atoms with E-state index in [9.17, 15) is 9.59 Å². The molecular weight excluding hydrogens is 456 g/mol. The van der Waals surface area contributed by atoms with E-state index in [0.717, 1.165) is 55.8 Å². The number of ether oxygens (including phenoxy) is 2. The molecule has 8 nitrogen and oxygen atoms in total. The van der Waals surface area contributed by atoms with Gasteiger partial charge in [0.2, 0.25) is 5.91 Å². The smallest absolute Gasteiger partial charge is 0.254 e. The fourth-order valence-corrected chi connectivity index (χ4v) is 5.83. The average molecular weight is 493 g/mol. The Morgan fingerprint density at radius 1 is 1.00 bits per heavy atom. The molecule has 2 aromatic rings. The Labute approximate surface area is 213 Å². The number of nitrogens with one attached hydrogen (secondary N) is 1. The van der Waals surface area contributed by atoms with Crippen LogP contribution in [0, 0.1) is 0 Å². The van der Waals surface area contributed by atoms with Crippen molar-refractivity contribution in [2.75, 3.05) is 67.1 Å². The molecule has 3 aliphatic rings. The fourth-order valence-electron chi connectivity index (χ4n) is 5.83. The monoisotopic (exact) mass is 492 g/mol. The second-order valence-electron chi connectivity index (χ2n) is 9.95. The summed E-state index contributed by atoms with van der Waals surface area (Å²) < 4.78 is 11.1. The molecule has 0 spiro atoms. The number of piperazine rings is 1. The second-order valence-corrected chi connectivity index (χ2v) is 9.95. The van der Waals surface area contributed by atoms with Crippen LogP contribution >= 0.6 is 0 Å². The minimum absolute atomic E-state index is 0.0184.